The summed E-state index contributed by atoms with van der Waals surface area (Å²) in [5.74, 6) is -0.0877. The number of ketones is 1. The van der Waals surface area contributed by atoms with Crippen molar-refractivity contribution in [2.45, 2.75) is 39.8 Å². The Kier molecular flexibility index (Phi) is 6.25. The summed E-state index contributed by atoms with van der Waals surface area (Å²) in [7, 11) is -3.23. The van der Waals surface area contributed by atoms with Crippen molar-refractivity contribution in [2.75, 3.05) is 13.2 Å². The van der Waals surface area contributed by atoms with Crippen LogP contribution < -0.4 is 0 Å². The first-order valence-electron chi connectivity index (χ1n) is 4.93. The van der Waals surface area contributed by atoms with Gasteiger partial charge in [0.25, 0.3) is 0 Å². The minimum absolute atomic E-state index is 0.0877. The Morgan fingerprint density at radius 2 is 1.64 bits per heavy atom. The lowest BCUT2D eigenvalue weighted by Crippen LogP contribution is -2.19. The molecule has 0 aliphatic rings. The molecule has 5 heteroatoms. The van der Waals surface area contributed by atoms with Crippen molar-refractivity contribution in [3.05, 3.63) is 0 Å². The Morgan fingerprint density at radius 1 is 1.21 bits per heavy atom. The maximum absolute atomic E-state index is 12.0. The van der Waals surface area contributed by atoms with E-state index in [1.165, 1.54) is 0 Å². The largest absolute Gasteiger partial charge is 0.340 e. The molecule has 0 heterocycles. The van der Waals surface area contributed by atoms with E-state index in [1.54, 1.807) is 27.7 Å². The maximum Gasteiger partial charge on any atom is 0.340 e. The lowest BCUT2D eigenvalue weighted by Gasteiger charge is -2.21. The van der Waals surface area contributed by atoms with Crippen LogP contribution in [0.5, 0.6) is 0 Å². The summed E-state index contributed by atoms with van der Waals surface area (Å²) in [5.41, 5.74) is -0.660. The van der Waals surface area contributed by atoms with Crippen molar-refractivity contribution in [1.82, 2.24) is 0 Å². The summed E-state index contributed by atoms with van der Waals surface area (Å²) >= 11 is 0. The second-order valence-electron chi connectivity index (χ2n) is 2.87. The van der Waals surface area contributed by atoms with Crippen LogP contribution in [0.1, 0.15) is 34.1 Å². The van der Waals surface area contributed by atoms with Crippen LogP contribution in [0.25, 0.3) is 0 Å². The molecule has 0 aromatic rings. The number of hydrogen-bond acceptors (Lipinski definition) is 4. The Morgan fingerprint density at radius 3 is 1.93 bits per heavy atom. The van der Waals surface area contributed by atoms with E-state index < -0.39 is 13.3 Å². The topological polar surface area (TPSA) is 52.6 Å². The Labute approximate surface area is 85.5 Å². The fourth-order valence-corrected chi connectivity index (χ4v) is 2.87. The van der Waals surface area contributed by atoms with Crippen LogP contribution >= 0.6 is 7.60 Å². The van der Waals surface area contributed by atoms with Crippen LogP contribution in [0, 0.1) is 0 Å². The molecule has 0 aromatic carbocycles. The molecule has 0 fully saturated rings. The second-order valence-corrected chi connectivity index (χ2v) is 5.24. The van der Waals surface area contributed by atoms with Crippen LogP contribution in [0.2, 0.25) is 0 Å². The highest BCUT2D eigenvalue weighted by Crippen LogP contribution is 2.53. The minimum Gasteiger partial charge on any atom is -0.308 e. The van der Waals surface area contributed by atoms with Crippen molar-refractivity contribution < 1.29 is 18.4 Å². The van der Waals surface area contributed by atoms with E-state index in [1.807, 2.05) is 0 Å². The zero-order chi connectivity index (χ0) is 11.2. The fourth-order valence-electron chi connectivity index (χ4n) is 1.09. The predicted molar refractivity (Wildman–Crippen MR) is 55.6 cm³/mol. The van der Waals surface area contributed by atoms with E-state index in [-0.39, 0.29) is 5.78 Å². The summed E-state index contributed by atoms with van der Waals surface area (Å²) in [6, 6.07) is 0. The zero-order valence-electron chi connectivity index (χ0n) is 9.28. The van der Waals surface area contributed by atoms with Crippen LogP contribution in [-0.2, 0) is 18.4 Å². The zero-order valence-corrected chi connectivity index (χ0v) is 10.2. The van der Waals surface area contributed by atoms with E-state index in [4.69, 9.17) is 9.05 Å². The smallest absolute Gasteiger partial charge is 0.308 e. The van der Waals surface area contributed by atoms with E-state index in [9.17, 15) is 9.36 Å². The third-order valence-corrected chi connectivity index (χ3v) is 4.38. The predicted octanol–water partition coefficient (Wildman–Crippen LogP) is 2.62. The van der Waals surface area contributed by atoms with E-state index in [0.717, 1.165) is 0 Å². The molecule has 1 unspecified atom stereocenters. The molecule has 0 radical (unpaired) electrons. The molecule has 0 rings (SSSR count). The van der Waals surface area contributed by atoms with Gasteiger partial charge in [0, 0.05) is 6.42 Å². The minimum atomic E-state index is -3.23. The molecule has 0 N–H and O–H groups in total. The molecule has 0 spiro atoms. The standard InChI is InChI=1S/C9H19O4P/c1-5-9(10)8(4)14(11,12-6-2)13-7-3/h8H,5-7H2,1-4H3. The number of Topliss-reactive ketones (excluding diaryl/α,β-unsaturated/α-hetero) is 1. The lowest BCUT2D eigenvalue weighted by atomic mass is 10.2. The molecule has 0 aliphatic carbocycles. The number of hydrogen-bond donors (Lipinski definition) is 0. The Balaban J connectivity index is 4.63. The average molecular weight is 222 g/mol. The summed E-state index contributed by atoms with van der Waals surface area (Å²) in [4.78, 5) is 11.4. The van der Waals surface area contributed by atoms with Gasteiger partial charge in [-0.2, -0.15) is 0 Å². The fraction of sp³-hybridized carbons (Fsp3) is 0.889. The van der Waals surface area contributed by atoms with Crippen molar-refractivity contribution in [2.24, 2.45) is 0 Å². The van der Waals surface area contributed by atoms with Gasteiger partial charge in [0.2, 0.25) is 0 Å². The van der Waals surface area contributed by atoms with Crippen LogP contribution in [-0.4, -0.2) is 24.7 Å². The Hall–Kier alpha value is -0.180. The van der Waals surface area contributed by atoms with Crippen LogP contribution in [0.15, 0.2) is 0 Å². The molecular weight excluding hydrogens is 203 g/mol. The van der Waals surface area contributed by atoms with Gasteiger partial charge >= 0.3 is 7.60 Å². The van der Waals surface area contributed by atoms with Gasteiger partial charge in [0.1, 0.15) is 11.4 Å². The molecule has 0 saturated carbocycles. The molecular formula is C9H19O4P. The molecule has 4 nitrogen and oxygen atoms in total. The third kappa shape index (κ3) is 3.52. The lowest BCUT2D eigenvalue weighted by molar-refractivity contribution is -0.118. The van der Waals surface area contributed by atoms with E-state index in [0.29, 0.717) is 19.6 Å². The van der Waals surface area contributed by atoms with Gasteiger partial charge in [-0.15, -0.1) is 0 Å². The average Bonchev–Trinajstić information content (AvgIpc) is 2.16. The molecule has 0 bridgehead atoms. The summed E-state index contributed by atoms with van der Waals surface area (Å²) in [6.45, 7) is 7.37. The highest BCUT2D eigenvalue weighted by molar-refractivity contribution is 7.55. The first kappa shape index (κ1) is 13.8. The normalized spacial score (nSPS) is 14.0. The van der Waals surface area contributed by atoms with Crippen molar-refractivity contribution in [3.63, 3.8) is 0 Å². The highest BCUT2D eigenvalue weighted by Gasteiger charge is 2.35. The molecule has 1 atom stereocenters. The number of carbonyl (C=O) groups is 1. The molecule has 0 aliphatic heterocycles. The molecule has 0 aromatic heterocycles. The Bertz CT molecular complexity index is 217. The van der Waals surface area contributed by atoms with Crippen molar-refractivity contribution >= 4 is 13.4 Å². The number of rotatable bonds is 7. The first-order chi connectivity index (χ1) is 6.51. The SMILES string of the molecule is CCOP(=O)(OCC)C(C)C(=O)CC. The molecule has 14 heavy (non-hydrogen) atoms. The quantitative estimate of drug-likeness (QED) is 0.621. The highest BCUT2D eigenvalue weighted by atomic mass is 31.2. The summed E-state index contributed by atoms with van der Waals surface area (Å²) in [6.07, 6.45) is 0.352. The van der Waals surface area contributed by atoms with Gasteiger partial charge in [-0.05, 0) is 20.8 Å². The van der Waals surface area contributed by atoms with Gasteiger partial charge in [-0.1, -0.05) is 6.92 Å². The third-order valence-electron chi connectivity index (χ3n) is 1.91. The van der Waals surface area contributed by atoms with Gasteiger partial charge in [-0.25, -0.2) is 0 Å². The van der Waals surface area contributed by atoms with Crippen molar-refractivity contribution in [1.29, 1.82) is 0 Å². The molecule has 0 amide bonds. The van der Waals surface area contributed by atoms with Gasteiger partial charge < -0.3 is 9.05 Å². The van der Waals surface area contributed by atoms with E-state index >= 15 is 0 Å². The van der Waals surface area contributed by atoms with Gasteiger partial charge in [-0.3, -0.25) is 9.36 Å². The van der Waals surface area contributed by atoms with Gasteiger partial charge in [0.15, 0.2) is 0 Å². The van der Waals surface area contributed by atoms with Crippen LogP contribution in [0.3, 0.4) is 0 Å². The monoisotopic (exact) mass is 222 g/mol. The van der Waals surface area contributed by atoms with Gasteiger partial charge in [0.05, 0.1) is 13.2 Å². The first-order valence-corrected chi connectivity index (χ1v) is 6.54. The van der Waals surface area contributed by atoms with E-state index in [2.05, 4.69) is 0 Å². The summed E-state index contributed by atoms with van der Waals surface area (Å²) in [5, 5.41) is 0. The molecule has 84 valence electrons. The molecule has 0 saturated heterocycles. The number of carbonyl (C=O) groups excluding carboxylic acids is 1. The summed E-state index contributed by atoms with van der Waals surface area (Å²) < 4.78 is 22.2. The van der Waals surface area contributed by atoms with Crippen LogP contribution in [0.4, 0.5) is 0 Å². The van der Waals surface area contributed by atoms with Crippen molar-refractivity contribution in [3.8, 4) is 0 Å². The maximum atomic E-state index is 12.0. The second kappa shape index (κ2) is 6.33.